The van der Waals surface area contributed by atoms with Gasteiger partial charge in [0.1, 0.15) is 5.56 Å². The average molecular weight is 277 g/mol. The summed E-state index contributed by atoms with van der Waals surface area (Å²) in [6.07, 6.45) is 3.15. The summed E-state index contributed by atoms with van der Waals surface area (Å²) >= 11 is 0. The van der Waals surface area contributed by atoms with Crippen molar-refractivity contribution in [3.8, 4) is 0 Å². The van der Waals surface area contributed by atoms with Crippen molar-refractivity contribution in [2.45, 2.75) is 32.2 Å². The van der Waals surface area contributed by atoms with Crippen molar-refractivity contribution in [1.29, 1.82) is 0 Å². The summed E-state index contributed by atoms with van der Waals surface area (Å²) < 4.78 is 0. The lowest BCUT2D eigenvalue weighted by molar-refractivity contribution is -0.385. The van der Waals surface area contributed by atoms with Crippen molar-refractivity contribution in [3.63, 3.8) is 0 Å². The Morgan fingerprint density at radius 1 is 1.55 bits per heavy atom. The molecule has 0 bridgehead atoms. The molecular weight excluding hydrogens is 258 g/mol. The van der Waals surface area contributed by atoms with Crippen molar-refractivity contribution < 1.29 is 9.72 Å². The first kappa shape index (κ1) is 14.5. The van der Waals surface area contributed by atoms with Crippen molar-refractivity contribution in [2.75, 3.05) is 13.1 Å². The number of rotatable bonds is 5. The zero-order chi connectivity index (χ0) is 14.5. The molecule has 0 saturated carbocycles. The lowest BCUT2D eigenvalue weighted by atomic mass is 10.1. The van der Waals surface area contributed by atoms with Crippen LogP contribution in [0.4, 0.5) is 5.69 Å². The van der Waals surface area contributed by atoms with E-state index in [1.165, 1.54) is 12.5 Å². The third kappa shape index (κ3) is 3.54. The van der Waals surface area contributed by atoms with Gasteiger partial charge in [0.05, 0.1) is 4.92 Å². The molecule has 6 nitrogen and oxygen atoms in total. The zero-order valence-electron chi connectivity index (χ0n) is 11.5. The monoisotopic (exact) mass is 277 g/mol. The molecule has 20 heavy (non-hydrogen) atoms. The predicted molar refractivity (Wildman–Crippen MR) is 75.8 cm³/mol. The van der Waals surface area contributed by atoms with Crippen LogP contribution < -0.4 is 10.6 Å². The molecule has 1 aromatic carbocycles. The normalized spacial score (nSPS) is 17.9. The molecule has 6 heteroatoms. The molecule has 0 aromatic heterocycles. The number of carbonyl (C=O) groups is 1. The number of hydrogen-bond donors (Lipinski definition) is 2. The summed E-state index contributed by atoms with van der Waals surface area (Å²) in [5.41, 5.74) is 0.819. The first-order chi connectivity index (χ1) is 9.58. The number of nitrogens with one attached hydrogen (secondary N) is 2. The molecule has 108 valence electrons. The standard InChI is InChI=1S/C14H19N3O3/c1-10-4-5-13(17(19)20)12(9-10)14(18)16-8-6-11-3-2-7-15-11/h4-5,9,11,15H,2-3,6-8H2,1H3,(H,16,18)/t11-/m0/s1. The molecule has 1 saturated heterocycles. The number of benzene rings is 1. The van der Waals surface area contributed by atoms with Crippen LogP contribution in [0.1, 0.15) is 35.2 Å². The SMILES string of the molecule is Cc1ccc([N+](=O)[O-])c(C(=O)NCC[C@@H]2CCCN2)c1. The van der Waals surface area contributed by atoms with Crippen LogP contribution in [-0.4, -0.2) is 30.0 Å². The Kier molecular flexibility index (Phi) is 4.68. The number of hydrogen-bond acceptors (Lipinski definition) is 4. The Balaban J connectivity index is 1.97. The van der Waals surface area contributed by atoms with Gasteiger partial charge < -0.3 is 10.6 Å². The quantitative estimate of drug-likeness (QED) is 0.634. The van der Waals surface area contributed by atoms with Crippen molar-refractivity contribution >= 4 is 11.6 Å². The zero-order valence-corrected chi connectivity index (χ0v) is 11.5. The van der Waals surface area contributed by atoms with Crippen LogP contribution in [0.25, 0.3) is 0 Å². The van der Waals surface area contributed by atoms with Crippen LogP contribution in [0.15, 0.2) is 18.2 Å². The number of nitro benzene ring substituents is 1. The molecule has 1 fully saturated rings. The van der Waals surface area contributed by atoms with Gasteiger partial charge in [-0.05, 0) is 44.4 Å². The van der Waals surface area contributed by atoms with Gasteiger partial charge in [-0.3, -0.25) is 14.9 Å². The lowest BCUT2D eigenvalue weighted by Gasteiger charge is -2.11. The topological polar surface area (TPSA) is 84.3 Å². The van der Waals surface area contributed by atoms with Crippen molar-refractivity contribution in [2.24, 2.45) is 0 Å². The maximum atomic E-state index is 12.1. The molecule has 1 aliphatic rings. The van der Waals surface area contributed by atoms with E-state index in [9.17, 15) is 14.9 Å². The maximum absolute atomic E-state index is 12.1. The molecule has 1 atom stereocenters. The van der Waals surface area contributed by atoms with Gasteiger partial charge in [-0.1, -0.05) is 6.07 Å². The fourth-order valence-corrected chi connectivity index (χ4v) is 2.45. The van der Waals surface area contributed by atoms with Gasteiger partial charge in [-0.15, -0.1) is 0 Å². The van der Waals surface area contributed by atoms with E-state index in [0.717, 1.165) is 24.9 Å². The Bertz CT molecular complexity index is 510. The van der Waals surface area contributed by atoms with E-state index < -0.39 is 4.92 Å². The highest BCUT2D eigenvalue weighted by molar-refractivity contribution is 5.98. The fraction of sp³-hybridized carbons (Fsp3) is 0.500. The molecule has 0 unspecified atom stereocenters. The smallest absolute Gasteiger partial charge is 0.282 e. The van der Waals surface area contributed by atoms with Gasteiger partial charge in [0.25, 0.3) is 11.6 Å². The minimum absolute atomic E-state index is 0.134. The summed E-state index contributed by atoms with van der Waals surface area (Å²) in [6.45, 7) is 3.37. The third-order valence-electron chi connectivity index (χ3n) is 3.53. The number of amides is 1. The Hall–Kier alpha value is -1.95. The van der Waals surface area contributed by atoms with Crippen molar-refractivity contribution in [3.05, 3.63) is 39.4 Å². The van der Waals surface area contributed by atoms with Gasteiger partial charge in [0.15, 0.2) is 0 Å². The highest BCUT2D eigenvalue weighted by Crippen LogP contribution is 2.19. The minimum Gasteiger partial charge on any atom is -0.352 e. The molecule has 0 aliphatic carbocycles. The molecule has 0 radical (unpaired) electrons. The Morgan fingerprint density at radius 2 is 2.35 bits per heavy atom. The molecule has 1 heterocycles. The molecular formula is C14H19N3O3. The molecule has 1 amide bonds. The Morgan fingerprint density at radius 3 is 3.00 bits per heavy atom. The van der Waals surface area contributed by atoms with E-state index in [4.69, 9.17) is 0 Å². The van der Waals surface area contributed by atoms with Gasteiger partial charge in [-0.2, -0.15) is 0 Å². The number of nitrogens with zero attached hydrogens (tertiary/aromatic N) is 1. The van der Waals surface area contributed by atoms with Gasteiger partial charge >= 0.3 is 0 Å². The van der Waals surface area contributed by atoms with Gasteiger partial charge in [-0.25, -0.2) is 0 Å². The van der Waals surface area contributed by atoms with Crippen LogP contribution in [0, 0.1) is 17.0 Å². The average Bonchev–Trinajstić information content (AvgIpc) is 2.91. The van der Waals surface area contributed by atoms with Crippen LogP contribution >= 0.6 is 0 Å². The van der Waals surface area contributed by atoms with E-state index in [0.29, 0.717) is 12.6 Å². The highest BCUT2D eigenvalue weighted by atomic mass is 16.6. The number of aryl methyl sites for hydroxylation is 1. The van der Waals surface area contributed by atoms with Gasteiger partial charge in [0, 0.05) is 18.7 Å². The van der Waals surface area contributed by atoms with E-state index in [1.54, 1.807) is 12.1 Å². The second kappa shape index (κ2) is 6.47. The first-order valence-electron chi connectivity index (χ1n) is 6.84. The highest BCUT2D eigenvalue weighted by Gasteiger charge is 2.20. The second-order valence-electron chi connectivity index (χ2n) is 5.12. The van der Waals surface area contributed by atoms with E-state index in [-0.39, 0.29) is 17.2 Å². The van der Waals surface area contributed by atoms with E-state index in [2.05, 4.69) is 10.6 Å². The molecule has 2 N–H and O–H groups in total. The van der Waals surface area contributed by atoms with Crippen molar-refractivity contribution in [1.82, 2.24) is 10.6 Å². The first-order valence-corrected chi connectivity index (χ1v) is 6.84. The predicted octanol–water partition coefficient (Wildman–Crippen LogP) is 1.78. The number of carbonyl (C=O) groups excluding carboxylic acids is 1. The van der Waals surface area contributed by atoms with Crippen LogP contribution in [0.5, 0.6) is 0 Å². The van der Waals surface area contributed by atoms with Gasteiger partial charge in [0.2, 0.25) is 0 Å². The molecule has 1 aromatic rings. The largest absolute Gasteiger partial charge is 0.352 e. The summed E-state index contributed by atoms with van der Waals surface area (Å²) in [7, 11) is 0. The lowest BCUT2D eigenvalue weighted by Crippen LogP contribution is -2.30. The van der Waals surface area contributed by atoms with Crippen LogP contribution in [-0.2, 0) is 0 Å². The molecule has 1 aliphatic heterocycles. The molecule has 2 rings (SSSR count). The fourth-order valence-electron chi connectivity index (χ4n) is 2.45. The van der Waals surface area contributed by atoms with E-state index in [1.807, 2.05) is 6.92 Å². The second-order valence-corrected chi connectivity index (χ2v) is 5.12. The van der Waals surface area contributed by atoms with E-state index >= 15 is 0 Å². The maximum Gasteiger partial charge on any atom is 0.282 e. The minimum atomic E-state index is -0.521. The van der Waals surface area contributed by atoms with Crippen LogP contribution in [0.3, 0.4) is 0 Å². The summed E-state index contributed by atoms with van der Waals surface area (Å²) in [4.78, 5) is 22.5. The third-order valence-corrected chi connectivity index (χ3v) is 3.53. The summed E-state index contributed by atoms with van der Waals surface area (Å²) in [5.74, 6) is -0.376. The summed E-state index contributed by atoms with van der Waals surface area (Å²) in [5, 5.41) is 17.1. The molecule has 0 spiro atoms. The number of nitro groups is 1. The Labute approximate surface area is 117 Å². The summed E-state index contributed by atoms with van der Waals surface area (Å²) in [6, 6.07) is 5.02. The van der Waals surface area contributed by atoms with Crippen LogP contribution in [0.2, 0.25) is 0 Å².